The molecule has 9 heteroatoms. The third kappa shape index (κ3) is 79.1. The van der Waals surface area contributed by atoms with Gasteiger partial charge in [0.05, 0.1) is 39.9 Å². The van der Waals surface area contributed by atoms with Crippen molar-refractivity contribution in [2.24, 2.45) is 0 Å². The number of carbonyl (C=O) groups is 1. The highest BCUT2D eigenvalue weighted by atomic mass is 31.2. The van der Waals surface area contributed by atoms with Gasteiger partial charge >= 0.3 is 7.82 Å². The number of likely N-dealkylation sites (N-methyl/N-ethyl adjacent to an activating group) is 1. The molecule has 0 spiro atoms. The molecule has 558 valence electrons. The van der Waals surface area contributed by atoms with E-state index in [1.807, 2.05) is 21.1 Å². The Morgan fingerprint density at radius 1 is 0.368 bits per heavy atom. The van der Waals surface area contributed by atoms with Gasteiger partial charge in [0.2, 0.25) is 5.91 Å². The van der Waals surface area contributed by atoms with E-state index in [0.717, 1.165) is 77.0 Å². The third-order valence-corrected chi connectivity index (χ3v) is 20.2. The van der Waals surface area contributed by atoms with Crippen molar-refractivity contribution >= 4 is 13.7 Å². The molecule has 0 aromatic rings. The Morgan fingerprint density at radius 2 is 0.632 bits per heavy atom. The summed E-state index contributed by atoms with van der Waals surface area (Å²) in [5.41, 5.74) is 0. The second-order valence-corrected chi connectivity index (χ2v) is 31.3. The van der Waals surface area contributed by atoms with E-state index in [2.05, 4.69) is 92.1 Å². The molecule has 8 nitrogen and oxygen atoms in total. The lowest BCUT2D eigenvalue weighted by molar-refractivity contribution is -0.870. The number of unbranched alkanes of at least 4 members (excludes halogenated alkanes) is 53. The zero-order chi connectivity index (χ0) is 69.0. The monoisotopic (exact) mass is 1350 g/mol. The van der Waals surface area contributed by atoms with E-state index in [0.29, 0.717) is 23.9 Å². The molecule has 0 radical (unpaired) electrons. The molecule has 0 fully saturated rings. The van der Waals surface area contributed by atoms with E-state index in [-0.39, 0.29) is 19.1 Å². The van der Waals surface area contributed by atoms with Crippen molar-refractivity contribution in [1.29, 1.82) is 0 Å². The van der Waals surface area contributed by atoms with Crippen LogP contribution in [0.2, 0.25) is 0 Å². The Balaban J connectivity index is 3.90. The van der Waals surface area contributed by atoms with Crippen molar-refractivity contribution in [3.8, 4) is 0 Å². The van der Waals surface area contributed by atoms with Gasteiger partial charge in [-0.3, -0.25) is 13.8 Å². The number of phosphoric acid groups is 1. The fourth-order valence-electron chi connectivity index (χ4n) is 12.8. The van der Waals surface area contributed by atoms with Crippen LogP contribution in [0.15, 0.2) is 72.9 Å². The van der Waals surface area contributed by atoms with Crippen LogP contribution in [-0.2, 0) is 18.4 Å². The summed E-state index contributed by atoms with van der Waals surface area (Å²) in [7, 11) is 1.63. The van der Waals surface area contributed by atoms with Gasteiger partial charge in [-0.05, 0) is 64.2 Å². The summed E-state index contributed by atoms with van der Waals surface area (Å²) in [5.74, 6) is -0.136. The summed E-state index contributed by atoms with van der Waals surface area (Å²) in [6.45, 7) is 4.84. The number of phosphoric ester groups is 1. The molecule has 3 N–H and O–H groups in total. The van der Waals surface area contributed by atoms with Crippen LogP contribution in [-0.4, -0.2) is 73.4 Å². The first kappa shape index (κ1) is 92.9. The molecular weight excluding hydrogens is 1190 g/mol. The molecule has 1 amide bonds. The summed E-state index contributed by atoms with van der Waals surface area (Å²) in [6, 6.07) is -0.763. The van der Waals surface area contributed by atoms with E-state index in [4.69, 9.17) is 9.05 Å². The SMILES string of the molecule is CC/C=C\C/C=C\C/C=C\C/C=C\C/C=C\C/C=C\CCCCCCCCCCCCCCCCCCCCCCCCC(=O)NC(COP(=O)(O)OCC[N+](C)(C)C)C(O)CCCCCCCCCCCCCCCCCCCCCCCCCCCCCCCCCC. The molecule has 0 aromatic heterocycles. The lowest BCUT2D eigenvalue weighted by Gasteiger charge is -2.26. The summed E-state index contributed by atoms with van der Waals surface area (Å²) in [6.07, 6.45) is 108. The average molecular weight is 1350 g/mol. The topological polar surface area (TPSA) is 105 Å². The van der Waals surface area contributed by atoms with E-state index in [9.17, 15) is 19.4 Å². The van der Waals surface area contributed by atoms with Crippen LogP contribution in [0.25, 0.3) is 0 Å². The molecule has 0 bridgehead atoms. The lowest BCUT2D eigenvalue weighted by atomic mass is 10.0. The van der Waals surface area contributed by atoms with Crippen molar-refractivity contribution in [3.63, 3.8) is 0 Å². The van der Waals surface area contributed by atoms with E-state index in [1.54, 1.807) is 0 Å². The molecule has 0 saturated heterocycles. The van der Waals surface area contributed by atoms with Crippen molar-refractivity contribution in [2.75, 3.05) is 40.9 Å². The number of amides is 1. The molecule has 3 atom stereocenters. The maximum atomic E-state index is 13.1. The number of carbonyl (C=O) groups excluding carboxylic acids is 1. The molecule has 0 aliphatic heterocycles. The number of hydrogen-bond acceptors (Lipinski definition) is 5. The quantitative estimate of drug-likeness (QED) is 0.0243. The number of hydrogen-bond donors (Lipinski definition) is 3. The number of aliphatic hydroxyl groups excluding tert-OH is 1. The summed E-state index contributed by atoms with van der Waals surface area (Å²) >= 11 is 0. The van der Waals surface area contributed by atoms with Gasteiger partial charge < -0.3 is 19.8 Å². The number of aliphatic hydroxyl groups is 1. The van der Waals surface area contributed by atoms with Crippen LogP contribution in [0.4, 0.5) is 0 Å². The first-order valence-corrected chi connectivity index (χ1v) is 43.3. The minimum Gasteiger partial charge on any atom is -0.391 e. The first-order valence-electron chi connectivity index (χ1n) is 41.8. The summed E-state index contributed by atoms with van der Waals surface area (Å²) in [5, 5.41) is 14.2. The van der Waals surface area contributed by atoms with Gasteiger partial charge in [0.25, 0.3) is 0 Å². The minimum absolute atomic E-state index is 0.0760. The highest BCUT2D eigenvalue weighted by Crippen LogP contribution is 2.43. The van der Waals surface area contributed by atoms with E-state index in [1.165, 1.54) is 315 Å². The van der Waals surface area contributed by atoms with Gasteiger partial charge in [0.15, 0.2) is 0 Å². The highest BCUT2D eigenvalue weighted by molar-refractivity contribution is 7.47. The fraction of sp³-hybridized carbons (Fsp3) is 0.849. The maximum absolute atomic E-state index is 13.1. The van der Waals surface area contributed by atoms with Gasteiger partial charge in [0.1, 0.15) is 13.2 Å². The van der Waals surface area contributed by atoms with Gasteiger partial charge in [-0.1, -0.05) is 421 Å². The van der Waals surface area contributed by atoms with Crippen LogP contribution in [0.1, 0.15) is 418 Å². The zero-order valence-electron chi connectivity index (χ0n) is 64.2. The highest BCUT2D eigenvalue weighted by Gasteiger charge is 2.28. The van der Waals surface area contributed by atoms with Crippen molar-refractivity contribution in [1.82, 2.24) is 5.32 Å². The van der Waals surface area contributed by atoms with Crippen molar-refractivity contribution in [3.05, 3.63) is 72.9 Å². The molecule has 0 heterocycles. The number of allylic oxidation sites excluding steroid dienone is 12. The second kappa shape index (κ2) is 76.1. The van der Waals surface area contributed by atoms with E-state index < -0.39 is 20.0 Å². The number of nitrogens with one attached hydrogen (secondary N) is 1. The van der Waals surface area contributed by atoms with E-state index >= 15 is 0 Å². The molecular formula is C86H164N2O6P+. The Labute approximate surface area is 593 Å². The van der Waals surface area contributed by atoms with Crippen LogP contribution >= 0.6 is 7.82 Å². The molecule has 3 unspecified atom stereocenters. The van der Waals surface area contributed by atoms with Gasteiger partial charge in [0, 0.05) is 6.42 Å². The summed E-state index contributed by atoms with van der Waals surface area (Å²) in [4.78, 5) is 23.6. The maximum Gasteiger partial charge on any atom is 0.472 e. The third-order valence-electron chi connectivity index (χ3n) is 19.2. The standard InChI is InChI=1S/C86H163N2O6P/c1-6-8-10-12-14-16-18-20-22-24-26-28-30-32-34-36-38-40-41-42-43-44-45-46-47-48-50-52-54-56-58-60-62-64-66-68-70-72-74-76-78-80-86(90)87-84(83-94-95(91,92)93-82-81-88(3,4)5)85(89)79-77-75-73-71-69-67-65-63-61-59-57-55-53-51-49-39-37-35-33-31-29-27-25-23-21-19-17-15-13-11-9-7-2/h8,10,14,16,20,22,26,28,32,34,38,40,84-85,89H,6-7,9,11-13,15,17-19,21,23-25,27,29-31,33,35-37,39,41-83H2,1-5H3,(H-,87,90,91,92)/p+1/b10-8-,16-14-,22-20-,28-26-,34-32-,40-38-. The number of nitrogens with zero attached hydrogens (tertiary/aromatic N) is 1. The molecule has 0 aliphatic rings. The predicted molar refractivity (Wildman–Crippen MR) is 420 cm³/mol. The van der Waals surface area contributed by atoms with Gasteiger partial charge in [-0.25, -0.2) is 4.57 Å². The van der Waals surface area contributed by atoms with Crippen molar-refractivity contribution in [2.45, 2.75) is 431 Å². The molecule has 0 saturated carbocycles. The normalized spacial score (nSPS) is 13.8. The smallest absolute Gasteiger partial charge is 0.391 e. The van der Waals surface area contributed by atoms with Gasteiger partial charge in [-0.15, -0.1) is 0 Å². The second-order valence-electron chi connectivity index (χ2n) is 29.8. The van der Waals surface area contributed by atoms with Crippen LogP contribution in [0.3, 0.4) is 0 Å². The molecule has 0 aliphatic carbocycles. The average Bonchev–Trinajstić information content (AvgIpc) is 2.01. The Bertz CT molecular complexity index is 1790. The fourth-order valence-corrected chi connectivity index (χ4v) is 13.6. The summed E-state index contributed by atoms with van der Waals surface area (Å²) < 4.78 is 24.0. The lowest BCUT2D eigenvalue weighted by Crippen LogP contribution is -2.46. The first-order chi connectivity index (χ1) is 46.5. The number of rotatable bonds is 78. The van der Waals surface area contributed by atoms with Crippen LogP contribution in [0.5, 0.6) is 0 Å². The molecule has 0 rings (SSSR count). The minimum atomic E-state index is -4.34. The molecule has 95 heavy (non-hydrogen) atoms. The van der Waals surface area contributed by atoms with Crippen LogP contribution < -0.4 is 5.32 Å². The van der Waals surface area contributed by atoms with Gasteiger partial charge in [-0.2, -0.15) is 0 Å². The van der Waals surface area contributed by atoms with Crippen molar-refractivity contribution < 1.29 is 32.9 Å². The largest absolute Gasteiger partial charge is 0.472 e. The predicted octanol–water partition coefficient (Wildman–Crippen LogP) is 27.6. The zero-order valence-corrected chi connectivity index (χ0v) is 65.1. The Hall–Kier alpha value is -2.06. The van der Waals surface area contributed by atoms with Crippen LogP contribution in [0, 0.1) is 0 Å². The molecule has 0 aromatic carbocycles. The number of quaternary nitrogens is 1. The Kier molecular flexibility index (Phi) is 74.5. The Morgan fingerprint density at radius 3 is 0.926 bits per heavy atom.